The Labute approximate surface area is 109 Å². The molecule has 0 saturated heterocycles. The largest absolute Gasteiger partial charge is 0.508 e. The van der Waals surface area contributed by atoms with Crippen molar-refractivity contribution in [3.05, 3.63) is 40.8 Å². The van der Waals surface area contributed by atoms with Crippen molar-refractivity contribution in [1.29, 1.82) is 0 Å². The summed E-state index contributed by atoms with van der Waals surface area (Å²) in [5, 5.41) is 25.1. The number of amides is 1. The number of carbonyl (C=O) groups excluding carboxylic acids is 1. The molecule has 0 spiro atoms. The van der Waals surface area contributed by atoms with Crippen molar-refractivity contribution in [3.8, 4) is 11.5 Å². The quantitative estimate of drug-likeness (QED) is 0.781. The second kappa shape index (κ2) is 5.01. The number of nitrogens with zero attached hydrogens (tertiary/aromatic N) is 1. The van der Waals surface area contributed by atoms with Crippen LogP contribution in [-0.2, 0) is 6.54 Å². The highest BCUT2D eigenvalue weighted by atomic mass is 16.5. The van der Waals surface area contributed by atoms with Gasteiger partial charge < -0.3 is 20.1 Å². The Kier molecular flexibility index (Phi) is 3.41. The SMILES string of the molecule is Cc1noc(C)c1CNC(=O)c1cc(O)cc(O)c1. The molecule has 0 aliphatic heterocycles. The summed E-state index contributed by atoms with van der Waals surface area (Å²) >= 11 is 0. The predicted octanol–water partition coefficient (Wildman–Crippen LogP) is 1.63. The molecular weight excluding hydrogens is 248 g/mol. The van der Waals surface area contributed by atoms with Crippen molar-refractivity contribution in [3.63, 3.8) is 0 Å². The Bertz CT molecular complexity index is 579. The molecule has 0 aliphatic carbocycles. The monoisotopic (exact) mass is 262 g/mol. The van der Waals surface area contributed by atoms with Gasteiger partial charge in [-0.3, -0.25) is 4.79 Å². The van der Waals surface area contributed by atoms with Crippen molar-refractivity contribution < 1.29 is 19.5 Å². The lowest BCUT2D eigenvalue weighted by Crippen LogP contribution is -2.23. The van der Waals surface area contributed by atoms with Gasteiger partial charge in [0.05, 0.1) is 5.69 Å². The van der Waals surface area contributed by atoms with Crippen molar-refractivity contribution in [1.82, 2.24) is 10.5 Å². The zero-order chi connectivity index (χ0) is 14.0. The zero-order valence-electron chi connectivity index (χ0n) is 10.6. The van der Waals surface area contributed by atoms with Crippen molar-refractivity contribution >= 4 is 5.91 Å². The van der Waals surface area contributed by atoms with Crippen molar-refractivity contribution in [2.45, 2.75) is 20.4 Å². The number of aromatic hydroxyl groups is 2. The molecule has 0 radical (unpaired) electrons. The van der Waals surface area contributed by atoms with E-state index >= 15 is 0 Å². The first-order chi connectivity index (χ1) is 8.97. The summed E-state index contributed by atoms with van der Waals surface area (Å²) < 4.78 is 4.99. The highest BCUT2D eigenvalue weighted by Gasteiger charge is 2.12. The number of aromatic nitrogens is 1. The van der Waals surface area contributed by atoms with Crippen LogP contribution in [-0.4, -0.2) is 21.3 Å². The van der Waals surface area contributed by atoms with Gasteiger partial charge in [0, 0.05) is 23.7 Å². The summed E-state index contributed by atoms with van der Waals surface area (Å²) in [5.41, 5.74) is 1.72. The van der Waals surface area contributed by atoms with Crippen LogP contribution in [0.1, 0.15) is 27.4 Å². The molecule has 6 heteroatoms. The molecule has 0 saturated carbocycles. The molecule has 1 heterocycles. The first-order valence-electron chi connectivity index (χ1n) is 5.70. The summed E-state index contributed by atoms with van der Waals surface area (Å²) in [5.74, 6) is -0.0762. The molecule has 0 atom stereocenters. The molecule has 0 aliphatic rings. The minimum absolute atomic E-state index is 0.164. The lowest BCUT2D eigenvalue weighted by molar-refractivity contribution is 0.0950. The second-order valence-corrected chi connectivity index (χ2v) is 4.22. The van der Waals surface area contributed by atoms with Crippen LogP contribution in [0.4, 0.5) is 0 Å². The Balaban J connectivity index is 2.09. The normalized spacial score (nSPS) is 10.4. The minimum Gasteiger partial charge on any atom is -0.508 e. The van der Waals surface area contributed by atoms with Crippen molar-refractivity contribution in [2.24, 2.45) is 0 Å². The van der Waals surface area contributed by atoms with Crippen LogP contribution in [0.3, 0.4) is 0 Å². The number of phenols is 2. The zero-order valence-corrected chi connectivity index (χ0v) is 10.6. The molecular formula is C13H14N2O4. The molecule has 3 N–H and O–H groups in total. The third-order valence-electron chi connectivity index (χ3n) is 2.77. The van der Waals surface area contributed by atoms with Gasteiger partial charge in [-0.2, -0.15) is 0 Å². The summed E-state index contributed by atoms with van der Waals surface area (Å²) in [7, 11) is 0. The van der Waals surface area contributed by atoms with E-state index in [9.17, 15) is 15.0 Å². The molecule has 1 aromatic heterocycles. The van der Waals surface area contributed by atoms with Crippen LogP contribution in [0.25, 0.3) is 0 Å². The van der Waals surface area contributed by atoms with E-state index in [4.69, 9.17) is 4.52 Å². The average Bonchev–Trinajstić information content (AvgIpc) is 2.65. The summed E-state index contributed by atoms with van der Waals surface area (Å²) in [6, 6.07) is 3.72. The molecule has 0 unspecified atom stereocenters. The highest BCUT2D eigenvalue weighted by Crippen LogP contribution is 2.20. The maximum absolute atomic E-state index is 11.9. The van der Waals surface area contributed by atoms with Gasteiger partial charge in [0.1, 0.15) is 17.3 Å². The molecule has 2 rings (SSSR count). The number of rotatable bonds is 3. The number of benzene rings is 1. The van der Waals surface area contributed by atoms with Crippen LogP contribution in [0.2, 0.25) is 0 Å². The van der Waals surface area contributed by atoms with E-state index < -0.39 is 5.91 Å². The van der Waals surface area contributed by atoms with Crippen LogP contribution in [0.15, 0.2) is 22.7 Å². The molecule has 0 fully saturated rings. The van der Waals surface area contributed by atoms with Gasteiger partial charge in [-0.15, -0.1) is 0 Å². The standard InChI is InChI=1S/C13H14N2O4/c1-7-12(8(2)19-15-7)6-14-13(18)9-3-10(16)5-11(17)4-9/h3-5,16-17H,6H2,1-2H3,(H,14,18). The molecule has 1 aromatic carbocycles. The fourth-order valence-corrected chi connectivity index (χ4v) is 1.75. The van der Waals surface area contributed by atoms with Crippen molar-refractivity contribution in [2.75, 3.05) is 0 Å². The second-order valence-electron chi connectivity index (χ2n) is 4.22. The Morgan fingerprint density at radius 2 is 1.89 bits per heavy atom. The molecule has 1 amide bonds. The first-order valence-corrected chi connectivity index (χ1v) is 5.70. The van der Waals surface area contributed by atoms with Gasteiger partial charge in [-0.05, 0) is 26.0 Å². The highest BCUT2D eigenvalue weighted by molar-refractivity contribution is 5.95. The number of carbonyl (C=O) groups is 1. The number of hydrogen-bond acceptors (Lipinski definition) is 5. The Morgan fingerprint density at radius 3 is 2.42 bits per heavy atom. The molecule has 2 aromatic rings. The topological polar surface area (TPSA) is 95.6 Å². The lowest BCUT2D eigenvalue weighted by Gasteiger charge is -2.06. The summed E-state index contributed by atoms with van der Waals surface area (Å²) in [4.78, 5) is 11.9. The molecule has 19 heavy (non-hydrogen) atoms. The van der Waals surface area contributed by atoms with Gasteiger partial charge in [-0.25, -0.2) is 0 Å². The van der Waals surface area contributed by atoms with Crippen LogP contribution in [0.5, 0.6) is 11.5 Å². The molecule has 0 bridgehead atoms. The van der Waals surface area contributed by atoms with E-state index in [1.54, 1.807) is 13.8 Å². The number of hydrogen-bond donors (Lipinski definition) is 3. The lowest BCUT2D eigenvalue weighted by atomic mass is 10.1. The van der Waals surface area contributed by atoms with E-state index in [0.29, 0.717) is 5.76 Å². The van der Waals surface area contributed by atoms with Gasteiger partial charge in [0.15, 0.2) is 0 Å². The minimum atomic E-state index is -0.397. The summed E-state index contributed by atoms with van der Waals surface area (Å²) in [6.45, 7) is 3.83. The third-order valence-corrected chi connectivity index (χ3v) is 2.77. The number of phenolic OH excluding ortho intramolecular Hbond substituents is 2. The average molecular weight is 262 g/mol. The van der Waals surface area contributed by atoms with Gasteiger partial charge in [0.25, 0.3) is 5.91 Å². The summed E-state index contributed by atoms with van der Waals surface area (Å²) in [6.07, 6.45) is 0. The van der Waals surface area contributed by atoms with E-state index in [1.807, 2.05) is 0 Å². The van der Waals surface area contributed by atoms with E-state index in [-0.39, 0.29) is 23.6 Å². The molecule has 100 valence electrons. The van der Waals surface area contributed by atoms with E-state index in [2.05, 4.69) is 10.5 Å². The predicted molar refractivity (Wildman–Crippen MR) is 66.9 cm³/mol. The van der Waals surface area contributed by atoms with Crippen LogP contribution >= 0.6 is 0 Å². The van der Waals surface area contributed by atoms with Crippen LogP contribution in [0, 0.1) is 13.8 Å². The fraction of sp³-hybridized carbons (Fsp3) is 0.231. The van der Waals surface area contributed by atoms with Gasteiger partial charge >= 0.3 is 0 Å². The van der Waals surface area contributed by atoms with Gasteiger partial charge in [-0.1, -0.05) is 5.16 Å². The fourth-order valence-electron chi connectivity index (χ4n) is 1.75. The smallest absolute Gasteiger partial charge is 0.251 e. The number of aryl methyl sites for hydroxylation is 2. The Hall–Kier alpha value is -2.50. The van der Waals surface area contributed by atoms with Gasteiger partial charge in [0.2, 0.25) is 0 Å². The molecule has 6 nitrogen and oxygen atoms in total. The first kappa shape index (κ1) is 12.9. The van der Waals surface area contributed by atoms with E-state index in [1.165, 1.54) is 12.1 Å². The Morgan fingerprint density at radius 1 is 1.26 bits per heavy atom. The van der Waals surface area contributed by atoms with Crippen LogP contribution < -0.4 is 5.32 Å². The number of nitrogens with one attached hydrogen (secondary N) is 1. The van der Waals surface area contributed by atoms with E-state index in [0.717, 1.165) is 17.3 Å². The maximum atomic E-state index is 11.9. The maximum Gasteiger partial charge on any atom is 0.251 e. The third kappa shape index (κ3) is 2.85.